The molecule has 2 aromatic heterocycles. The Hall–Kier alpha value is -4.11. The van der Waals surface area contributed by atoms with Crippen molar-refractivity contribution in [2.45, 2.75) is 188 Å². The van der Waals surface area contributed by atoms with E-state index in [9.17, 15) is 29.4 Å². The molecule has 1 aliphatic carbocycles. The number of alkyl halides is 1. The van der Waals surface area contributed by atoms with Gasteiger partial charge < -0.3 is 45.2 Å². The molecule has 5 N–H and O–H groups in total. The highest BCUT2D eigenvalue weighted by Crippen LogP contribution is 2.47. The first-order valence-electron chi connectivity index (χ1n) is 24.5. The Morgan fingerprint density at radius 3 is 2.45 bits per heavy atom. The highest BCUT2D eigenvalue weighted by Gasteiger charge is 2.56. The number of nitrogens with zero attached hydrogens (tertiary/aromatic N) is 5. The number of fused-ring (bicyclic) bond motifs is 5. The normalized spacial score (nSPS) is 35.7. The number of anilines is 1. The number of nitrogens with two attached hydrogens (primary N) is 1. The van der Waals surface area contributed by atoms with E-state index in [2.05, 4.69) is 10.3 Å². The molecule has 14 atom stereocenters. The van der Waals surface area contributed by atoms with E-state index in [4.69, 9.17) is 39.9 Å². The number of cyclic esters (lactones) is 1. The van der Waals surface area contributed by atoms with Crippen molar-refractivity contribution >= 4 is 52.1 Å². The number of likely N-dealkylation sites (N-methyl/N-ethyl adjacent to an activating group) is 1. The van der Waals surface area contributed by atoms with Crippen molar-refractivity contribution in [1.82, 2.24) is 14.9 Å². The zero-order valence-corrected chi connectivity index (χ0v) is 43.3. The van der Waals surface area contributed by atoms with Gasteiger partial charge in [0, 0.05) is 35.4 Å². The van der Waals surface area contributed by atoms with Gasteiger partial charge in [-0.3, -0.25) is 14.4 Å². The fraction of sp³-hybridized carbons (Fsp3) is 0.720. The standard InChI is InChI=1S/C50H76FN7O10S/c1-13-34(52)44(62)55-38-18-16-17-35(54-38)45-53-32(26-69-45)25-65-57-31-19-20-33-29(6)40(56-39(59)15-3)27(4)24-48(8,22-21-31)43(68-46-41(60)36(58(11)12)23-28(5)66-46)30(7)42(61)49(9,51)47(63)67-37(14-2)50(33,10)64/h16-18,26-30,33-34,36-37,41,43,46,60,64H,13-15,19-25,52H2,1-12H3,(H,54,55,62)/b56-40?,57-31+/t27-,28-,29-,30+,33-,34+,36+,37-,41-,43-,46+,48-,49+,50+/m1/s1. The topological polar surface area (TPSA) is 237 Å². The molecule has 2 aromatic rings. The van der Waals surface area contributed by atoms with E-state index in [-0.39, 0.29) is 69.1 Å². The minimum atomic E-state index is -3.15. The molecule has 2 bridgehead atoms. The number of ketones is 1. The van der Waals surface area contributed by atoms with Crippen LogP contribution in [0, 0.1) is 29.1 Å². The molecule has 4 heterocycles. The van der Waals surface area contributed by atoms with Crippen LogP contribution in [0.1, 0.15) is 133 Å². The van der Waals surface area contributed by atoms with Crippen molar-refractivity contribution < 1.29 is 52.8 Å². The van der Waals surface area contributed by atoms with E-state index in [1.165, 1.54) is 18.3 Å². The van der Waals surface area contributed by atoms with Gasteiger partial charge in [0.05, 0.1) is 29.7 Å². The molecule has 2 aliphatic heterocycles. The number of Topliss-reactive ketones (excluding diaryl/α,β-unsaturated/α-hetero) is 1. The van der Waals surface area contributed by atoms with E-state index in [1.807, 2.05) is 59.0 Å². The summed E-state index contributed by atoms with van der Waals surface area (Å²) in [6.45, 7) is 16.8. The second-order valence-corrected chi connectivity index (χ2v) is 21.1. The Kier molecular flexibility index (Phi) is 18.9. The molecule has 0 unspecified atom stereocenters. The van der Waals surface area contributed by atoms with Crippen LogP contribution >= 0.6 is 11.3 Å². The van der Waals surface area contributed by atoms with Gasteiger partial charge in [0.1, 0.15) is 34.3 Å². The highest BCUT2D eigenvalue weighted by atomic mass is 32.1. The maximum absolute atomic E-state index is 17.1. The first-order chi connectivity index (χ1) is 32.4. The molecule has 1 saturated carbocycles. The number of rotatable bonds is 12. The van der Waals surface area contributed by atoms with E-state index in [1.54, 1.807) is 39.0 Å². The summed E-state index contributed by atoms with van der Waals surface area (Å²) in [5, 5.41) is 34.3. The Morgan fingerprint density at radius 1 is 1.09 bits per heavy atom. The lowest BCUT2D eigenvalue weighted by Crippen LogP contribution is -2.59. The molecule has 384 valence electrons. The van der Waals surface area contributed by atoms with Crippen molar-refractivity contribution in [3.63, 3.8) is 0 Å². The number of carbonyl (C=O) groups excluding carboxylic acids is 4. The average molecular weight is 986 g/mol. The van der Waals surface area contributed by atoms with Gasteiger partial charge in [-0.2, -0.15) is 0 Å². The van der Waals surface area contributed by atoms with Gasteiger partial charge in [-0.05, 0) is 116 Å². The van der Waals surface area contributed by atoms with Crippen LogP contribution in [0.5, 0.6) is 0 Å². The highest BCUT2D eigenvalue weighted by molar-refractivity contribution is 7.13. The summed E-state index contributed by atoms with van der Waals surface area (Å²) in [7, 11) is 3.69. The Bertz CT molecular complexity index is 2180. The number of pyridine rings is 1. The van der Waals surface area contributed by atoms with Crippen LogP contribution < -0.4 is 11.1 Å². The van der Waals surface area contributed by atoms with E-state index >= 15 is 4.39 Å². The van der Waals surface area contributed by atoms with Gasteiger partial charge in [-0.15, -0.1) is 11.3 Å². The van der Waals surface area contributed by atoms with Crippen molar-refractivity contribution in [3.8, 4) is 10.7 Å². The number of hydrogen-bond acceptors (Lipinski definition) is 16. The SMILES string of the molecule is CCC(=O)N=C1[C@H](C)C[C@@]2(C)CC/C(=N/OCc3csc(-c4cccc(NC(=O)[C@@H](N)CC)n4)n3)CC[C@H]([C@H]1C)[C@](C)(O)[C@@H](CC)OC(=O)[C@@](C)(F)C(=O)[C@H](C)[C@H]2O[C@@H]1O[C@H](C)C[C@H](N(C)C)[C@H]1O. The maximum Gasteiger partial charge on any atom is 0.351 e. The monoisotopic (exact) mass is 986 g/mol. The first kappa shape index (κ1) is 55.8. The smallest absolute Gasteiger partial charge is 0.351 e. The molecule has 2 saturated heterocycles. The Labute approximate surface area is 410 Å². The van der Waals surface area contributed by atoms with Gasteiger partial charge in [0.15, 0.2) is 18.7 Å². The van der Waals surface area contributed by atoms with Gasteiger partial charge in [0.25, 0.3) is 5.67 Å². The van der Waals surface area contributed by atoms with Crippen LogP contribution in [-0.4, -0.2) is 128 Å². The summed E-state index contributed by atoms with van der Waals surface area (Å²) in [5.41, 5.74) is 2.12. The predicted molar refractivity (Wildman–Crippen MR) is 262 cm³/mol. The molecule has 3 fully saturated rings. The summed E-state index contributed by atoms with van der Waals surface area (Å²) in [6.07, 6.45) is -2.62. The van der Waals surface area contributed by atoms with Crippen LogP contribution in [-0.2, 0) is 44.8 Å². The summed E-state index contributed by atoms with van der Waals surface area (Å²) >= 11 is 1.35. The molecule has 0 spiro atoms. The number of aliphatic hydroxyl groups is 2. The van der Waals surface area contributed by atoms with Gasteiger partial charge in [-0.1, -0.05) is 59.7 Å². The minimum Gasteiger partial charge on any atom is -0.457 e. The number of amides is 2. The lowest BCUT2D eigenvalue weighted by Gasteiger charge is -2.48. The number of thiazole rings is 1. The number of esters is 1. The van der Waals surface area contributed by atoms with Crippen LogP contribution in [0.25, 0.3) is 10.7 Å². The molecule has 0 aromatic carbocycles. The van der Waals surface area contributed by atoms with Crippen LogP contribution in [0.15, 0.2) is 33.7 Å². The van der Waals surface area contributed by atoms with Crippen LogP contribution in [0.3, 0.4) is 0 Å². The molecular formula is C50H76FN7O10S. The second kappa shape index (κ2) is 23.4. The van der Waals surface area contributed by atoms with E-state index < -0.39 is 82.8 Å². The summed E-state index contributed by atoms with van der Waals surface area (Å²) in [5.74, 6) is -5.94. The van der Waals surface area contributed by atoms with Crippen molar-refractivity contribution in [2.24, 2.45) is 45.0 Å². The number of ether oxygens (including phenoxy) is 3. The number of oxime groups is 1. The zero-order valence-electron chi connectivity index (χ0n) is 42.5. The summed E-state index contributed by atoms with van der Waals surface area (Å²) in [6, 6.07) is 4.19. The molecule has 19 heteroatoms. The number of aromatic nitrogens is 2. The first-order valence-corrected chi connectivity index (χ1v) is 25.4. The zero-order chi connectivity index (χ0) is 51.2. The fourth-order valence-corrected chi connectivity index (χ4v) is 11.2. The Morgan fingerprint density at radius 2 is 1.80 bits per heavy atom. The third kappa shape index (κ3) is 13.1. The number of aliphatic hydroxyl groups excluding tert-OH is 1. The quantitative estimate of drug-likeness (QED) is 0.0971. The molecule has 2 amide bonds. The molecular weight excluding hydrogens is 910 g/mol. The largest absolute Gasteiger partial charge is 0.457 e. The third-order valence-electron chi connectivity index (χ3n) is 14.6. The second-order valence-electron chi connectivity index (χ2n) is 20.3. The molecule has 17 nitrogen and oxygen atoms in total. The van der Waals surface area contributed by atoms with Crippen molar-refractivity contribution in [3.05, 3.63) is 29.3 Å². The third-order valence-corrected chi connectivity index (χ3v) is 15.5. The minimum absolute atomic E-state index is 0.00802. The predicted octanol–water partition coefficient (Wildman–Crippen LogP) is 6.82. The number of hydrogen-bond donors (Lipinski definition) is 4. The molecule has 69 heavy (non-hydrogen) atoms. The lowest BCUT2D eigenvalue weighted by molar-refractivity contribution is -0.287. The van der Waals surface area contributed by atoms with Crippen LogP contribution in [0.4, 0.5) is 10.2 Å². The number of nitrogens with one attached hydrogen (secondary N) is 1. The van der Waals surface area contributed by atoms with E-state index in [0.717, 1.165) is 6.92 Å². The average Bonchev–Trinajstić information content (AvgIpc) is 3.78. The fourth-order valence-electron chi connectivity index (χ4n) is 10.4. The number of aliphatic imine (C=N–C) groups is 1. The van der Waals surface area contributed by atoms with Gasteiger partial charge in [-0.25, -0.2) is 24.1 Å². The van der Waals surface area contributed by atoms with Crippen molar-refractivity contribution in [1.29, 1.82) is 0 Å². The molecule has 0 radical (unpaired) electrons. The maximum atomic E-state index is 17.1. The number of halogens is 1. The van der Waals surface area contributed by atoms with Gasteiger partial charge >= 0.3 is 5.97 Å². The summed E-state index contributed by atoms with van der Waals surface area (Å²) < 4.78 is 36.1. The molecule has 3 aliphatic rings. The molecule has 5 rings (SSSR count). The summed E-state index contributed by atoms with van der Waals surface area (Å²) in [4.78, 5) is 76.4. The van der Waals surface area contributed by atoms with Crippen LogP contribution in [0.2, 0.25) is 0 Å². The van der Waals surface area contributed by atoms with E-state index in [0.29, 0.717) is 52.9 Å². The Balaban J connectivity index is 1.61. The lowest BCUT2D eigenvalue weighted by atomic mass is 9.65. The number of carbonyl (C=O) groups is 4. The van der Waals surface area contributed by atoms with Crippen molar-refractivity contribution in [2.75, 3.05) is 19.4 Å². The van der Waals surface area contributed by atoms with Gasteiger partial charge in [0.2, 0.25) is 11.8 Å².